The van der Waals surface area contributed by atoms with Gasteiger partial charge in [-0.2, -0.15) is 0 Å². The molecule has 0 saturated heterocycles. The smallest absolute Gasteiger partial charge is 0.135 e. The maximum absolute atomic E-state index is 6.02. The van der Waals surface area contributed by atoms with Crippen LogP contribution in [0.2, 0.25) is 5.02 Å². The van der Waals surface area contributed by atoms with Gasteiger partial charge in [0.15, 0.2) is 0 Å². The summed E-state index contributed by atoms with van der Waals surface area (Å²) in [5, 5.41) is 1.74. The van der Waals surface area contributed by atoms with Crippen LogP contribution in [0.5, 0.6) is 0 Å². The van der Waals surface area contributed by atoms with E-state index >= 15 is 0 Å². The van der Waals surface area contributed by atoms with E-state index in [0.29, 0.717) is 0 Å². The van der Waals surface area contributed by atoms with Crippen LogP contribution < -0.4 is 0 Å². The number of aryl methyl sites for hydroxylation is 2. The Morgan fingerprint density at radius 3 is 2.75 bits per heavy atom. The molecule has 1 aromatic carbocycles. The van der Waals surface area contributed by atoms with Gasteiger partial charge < -0.3 is 4.42 Å². The Morgan fingerprint density at radius 1 is 1.25 bits per heavy atom. The van der Waals surface area contributed by atoms with Crippen LogP contribution in [-0.4, -0.2) is 0 Å². The van der Waals surface area contributed by atoms with Crippen molar-refractivity contribution < 1.29 is 4.42 Å². The fourth-order valence-corrected chi connectivity index (χ4v) is 1.49. The van der Waals surface area contributed by atoms with E-state index in [1.54, 1.807) is 0 Å². The molecule has 0 radical (unpaired) electrons. The van der Waals surface area contributed by atoms with Gasteiger partial charge in [-0.3, -0.25) is 0 Å². The maximum atomic E-state index is 6.02. The average Bonchev–Trinajstić information content (AvgIpc) is 2.31. The van der Waals surface area contributed by atoms with Gasteiger partial charge in [-0.1, -0.05) is 23.2 Å². The van der Waals surface area contributed by atoms with Crippen molar-refractivity contribution >= 4 is 22.6 Å². The first-order valence-electron chi connectivity index (χ1n) is 3.84. The zero-order valence-corrected chi connectivity index (χ0v) is 7.77. The summed E-state index contributed by atoms with van der Waals surface area (Å²) >= 11 is 6.02. The number of rotatable bonds is 0. The Kier molecular flexibility index (Phi) is 1.62. The molecule has 2 aromatic rings. The van der Waals surface area contributed by atoms with Crippen molar-refractivity contribution in [3.05, 3.63) is 34.5 Å². The number of halogens is 1. The van der Waals surface area contributed by atoms with Gasteiger partial charge in [0.1, 0.15) is 11.3 Å². The van der Waals surface area contributed by atoms with Crippen LogP contribution in [-0.2, 0) is 0 Å². The Labute approximate surface area is 75.9 Å². The minimum absolute atomic E-state index is 0.730. The van der Waals surface area contributed by atoms with Gasteiger partial charge in [0.05, 0.1) is 5.02 Å². The van der Waals surface area contributed by atoms with E-state index in [1.807, 2.05) is 32.0 Å². The maximum Gasteiger partial charge on any atom is 0.135 e. The summed E-state index contributed by atoms with van der Waals surface area (Å²) in [4.78, 5) is 0. The summed E-state index contributed by atoms with van der Waals surface area (Å²) in [5.74, 6) is 0.789. The highest BCUT2D eigenvalue weighted by atomic mass is 35.5. The molecule has 1 heterocycles. The molecule has 0 saturated carbocycles. The zero-order valence-electron chi connectivity index (χ0n) is 7.02. The molecular weight excluding hydrogens is 172 g/mol. The first kappa shape index (κ1) is 7.69. The van der Waals surface area contributed by atoms with Crippen molar-refractivity contribution in [1.82, 2.24) is 0 Å². The van der Waals surface area contributed by atoms with Gasteiger partial charge in [-0.15, -0.1) is 0 Å². The van der Waals surface area contributed by atoms with Crippen LogP contribution >= 0.6 is 11.6 Å². The van der Waals surface area contributed by atoms with E-state index in [2.05, 4.69) is 0 Å². The highest BCUT2D eigenvalue weighted by molar-refractivity contribution is 6.36. The van der Waals surface area contributed by atoms with E-state index in [1.165, 1.54) is 5.56 Å². The number of hydrogen-bond acceptors (Lipinski definition) is 1. The van der Waals surface area contributed by atoms with Gasteiger partial charge in [0.25, 0.3) is 0 Å². The summed E-state index contributed by atoms with van der Waals surface area (Å²) in [6.45, 7) is 3.91. The molecule has 0 aliphatic carbocycles. The van der Waals surface area contributed by atoms with Crippen molar-refractivity contribution in [1.29, 1.82) is 0 Å². The quantitative estimate of drug-likeness (QED) is 0.603. The molecule has 1 aromatic heterocycles. The molecule has 0 aliphatic rings. The minimum Gasteiger partial charge on any atom is -0.460 e. The van der Waals surface area contributed by atoms with Gasteiger partial charge in [-0.25, -0.2) is 0 Å². The Bertz CT molecular complexity index is 429. The Hall–Kier alpha value is -0.950. The van der Waals surface area contributed by atoms with E-state index < -0.39 is 0 Å². The molecule has 62 valence electrons. The van der Waals surface area contributed by atoms with Crippen molar-refractivity contribution in [3.8, 4) is 0 Å². The molecular formula is C10H9ClO. The van der Waals surface area contributed by atoms with Crippen LogP contribution in [0.15, 0.2) is 22.6 Å². The van der Waals surface area contributed by atoms with Crippen LogP contribution in [0.3, 0.4) is 0 Å². The molecule has 0 amide bonds. The van der Waals surface area contributed by atoms with E-state index in [9.17, 15) is 0 Å². The molecule has 0 unspecified atom stereocenters. The zero-order chi connectivity index (χ0) is 8.72. The normalized spacial score (nSPS) is 10.9. The van der Waals surface area contributed by atoms with Crippen molar-refractivity contribution in [3.63, 3.8) is 0 Å². The summed E-state index contributed by atoms with van der Waals surface area (Å²) < 4.78 is 5.42. The van der Waals surface area contributed by atoms with Gasteiger partial charge in [0, 0.05) is 5.39 Å². The third-order valence-corrected chi connectivity index (χ3v) is 2.41. The highest BCUT2D eigenvalue weighted by Gasteiger charge is 2.07. The largest absolute Gasteiger partial charge is 0.460 e. The predicted octanol–water partition coefficient (Wildman–Crippen LogP) is 3.70. The average molecular weight is 181 g/mol. The van der Waals surface area contributed by atoms with E-state index in [4.69, 9.17) is 16.0 Å². The van der Waals surface area contributed by atoms with Crippen molar-refractivity contribution in [2.24, 2.45) is 0 Å². The lowest BCUT2D eigenvalue weighted by atomic mass is 10.2. The summed E-state index contributed by atoms with van der Waals surface area (Å²) in [6.07, 6.45) is 0. The van der Waals surface area contributed by atoms with Crippen LogP contribution in [0.4, 0.5) is 0 Å². The molecule has 2 rings (SSSR count). The number of benzene rings is 1. The lowest BCUT2D eigenvalue weighted by Gasteiger charge is -1.90. The molecule has 0 atom stereocenters. The summed E-state index contributed by atoms with van der Waals surface area (Å²) in [7, 11) is 0. The lowest BCUT2D eigenvalue weighted by molar-refractivity contribution is 0.579. The highest BCUT2D eigenvalue weighted by Crippen LogP contribution is 2.30. The fraction of sp³-hybridized carbons (Fsp3) is 0.200. The molecule has 2 heteroatoms. The number of hydrogen-bond donors (Lipinski definition) is 0. The third kappa shape index (κ3) is 1.01. The second-order valence-electron chi connectivity index (χ2n) is 2.97. The monoisotopic (exact) mass is 180 g/mol. The molecule has 0 aliphatic heterocycles. The first-order valence-corrected chi connectivity index (χ1v) is 4.21. The molecule has 1 nitrogen and oxygen atoms in total. The molecule has 12 heavy (non-hydrogen) atoms. The van der Waals surface area contributed by atoms with Crippen LogP contribution in [0.1, 0.15) is 11.3 Å². The number of fused-ring (bicyclic) bond motifs is 1. The van der Waals surface area contributed by atoms with Gasteiger partial charge >= 0.3 is 0 Å². The second-order valence-corrected chi connectivity index (χ2v) is 3.35. The predicted molar refractivity (Wildman–Crippen MR) is 50.7 cm³/mol. The topological polar surface area (TPSA) is 13.1 Å². The van der Waals surface area contributed by atoms with Crippen molar-refractivity contribution in [2.45, 2.75) is 13.8 Å². The molecule has 0 spiro atoms. The Balaban J connectivity index is 2.88. The molecule has 0 fully saturated rings. The third-order valence-electron chi connectivity index (χ3n) is 1.94. The standard InChI is InChI=1S/C10H9ClO/c1-6-3-4-9-8(5-6)10(11)7(2)12-9/h3-5H,1-2H3. The van der Waals surface area contributed by atoms with Gasteiger partial charge in [0.2, 0.25) is 0 Å². The van der Waals surface area contributed by atoms with Crippen molar-refractivity contribution in [2.75, 3.05) is 0 Å². The van der Waals surface area contributed by atoms with Crippen LogP contribution in [0.25, 0.3) is 11.0 Å². The lowest BCUT2D eigenvalue weighted by Crippen LogP contribution is -1.69. The van der Waals surface area contributed by atoms with E-state index in [-0.39, 0.29) is 0 Å². The summed E-state index contributed by atoms with van der Waals surface area (Å²) in [6, 6.07) is 6.00. The molecule has 0 bridgehead atoms. The second kappa shape index (κ2) is 2.53. The summed E-state index contributed by atoms with van der Waals surface area (Å²) in [5.41, 5.74) is 2.06. The SMILES string of the molecule is Cc1ccc2oc(C)c(Cl)c2c1. The first-order chi connectivity index (χ1) is 5.68. The Morgan fingerprint density at radius 2 is 2.00 bits per heavy atom. The number of furan rings is 1. The molecule has 0 N–H and O–H groups in total. The van der Waals surface area contributed by atoms with E-state index in [0.717, 1.165) is 21.8 Å². The minimum atomic E-state index is 0.730. The van der Waals surface area contributed by atoms with Gasteiger partial charge in [-0.05, 0) is 26.0 Å². The van der Waals surface area contributed by atoms with Crippen LogP contribution in [0, 0.1) is 13.8 Å². The fourth-order valence-electron chi connectivity index (χ4n) is 1.30.